The first kappa shape index (κ1) is 15.7. The Hall–Kier alpha value is -1.40. The highest BCUT2D eigenvalue weighted by Crippen LogP contribution is 2.28. The summed E-state index contributed by atoms with van der Waals surface area (Å²) in [5.74, 6) is 0.316. The van der Waals surface area contributed by atoms with Gasteiger partial charge in [0.1, 0.15) is 0 Å². The molecule has 6 nitrogen and oxygen atoms in total. The van der Waals surface area contributed by atoms with Gasteiger partial charge in [-0.2, -0.15) is 0 Å². The molecule has 0 saturated heterocycles. The number of nitro groups is 1. The van der Waals surface area contributed by atoms with Crippen molar-refractivity contribution >= 4 is 23.1 Å². The Morgan fingerprint density at radius 2 is 2.16 bits per heavy atom. The highest BCUT2D eigenvalue weighted by molar-refractivity contribution is 6.30. The van der Waals surface area contributed by atoms with Crippen LogP contribution in [-0.4, -0.2) is 34.7 Å². The highest BCUT2D eigenvalue weighted by atomic mass is 35.5. The van der Waals surface area contributed by atoms with E-state index < -0.39 is 4.92 Å². The summed E-state index contributed by atoms with van der Waals surface area (Å²) in [5, 5.41) is 20.2. The molecule has 1 heterocycles. The number of hydrogen-bond donors (Lipinski definition) is 1. The lowest BCUT2D eigenvalue weighted by molar-refractivity contribution is -0.384. The van der Waals surface area contributed by atoms with E-state index in [1.807, 2.05) is 11.8 Å². The average molecular weight is 288 g/mol. The number of aliphatic hydroxyl groups excluding tert-OH is 1. The second kappa shape index (κ2) is 7.91. The molecule has 7 heteroatoms. The SMILES string of the molecule is CCCCN(CCCO)c1ncc(Cl)cc1[N+](=O)[O-]. The molecule has 0 atom stereocenters. The van der Waals surface area contributed by atoms with E-state index in [0.29, 0.717) is 25.3 Å². The lowest BCUT2D eigenvalue weighted by Gasteiger charge is -2.22. The van der Waals surface area contributed by atoms with Gasteiger partial charge in [-0.15, -0.1) is 0 Å². The van der Waals surface area contributed by atoms with Crippen LogP contribution in [0, 0.1) is 10.1 Å². The molecular weight excluding hydrogens is 270 g/mol. The van der Waals surface area contributed by atoms with Crippen molar-refractivity contribution in [2.75, 3.05) is 24.6 Å². The molecular formula is C12H18ClN3O3. The summed E-state index contributed by atoms with van der Waals surface area (Å²) in [6.07, 6.45) is 3.84. The van der Waals surface area contributed by atoms with Gasteiger partial charge in [-0.1, -0.05) is 24.9 Å². The minimum atomic E-state index is -0.480. The minimum absolute atomic E-state index is 0.0456. The van der Waals surface area contributed by atoms with Crippen molar-refractivity contribution in [3.8, 4) is 0 Å². The van der Waals surface area contributed by atoms with E-state index in [2.05, 4.69) is 4.98 Å². The molecule has 1 aromatic heterocycles. The lowest BCUT2D eigenvalue weighted by Crippen LogP contribution is -2.28. The van der Waals surface area contributed by atoms with E-state index in [9.17, 15) is 10.1 Å². The van der Waals surface area contributed by atoms with Crippen LogP contribution in [0.4, 0.5) is 11.5 Å². The maximum atomic E-state index is 11.1. The standard InChI is InChI=1S/C12H18ClN3O3/c1-2-3-5-15(6-4-7-17)12-11(16(18)19)8-10(13)9-14-12/h8-9,17H,2-7H2,1H3. The number of unbranched alkanes of at least 4 members (excludes halogenated alkanes) is 1. The van der Waals surface area contributed by atoms with Gasteiger partial charge in [0.2, 0.25) is 5.82 Å². The Morgan fingerprint density at radius 1 is 1.47 bits per heavy atom. The summed E-state index contributed by atoms with van der Waals surface area (Å²) in [7, 11) is 0. The van der Waals surface area contributed by atoms with Gasteiger partial charge in [0.15, 0.2) is 0 Å². The number of halogens is 1. The molecule has 0 aromatic carbocycles. The second-order valence-corrected chi connectivity index (χ2v) is 4.61. The molecule has 0 aliphatic rings. The summed E-state index contributed by atoms with van der Waals surface area (Å²) in [5.41, 5.74) is -0.0958. The zero-order valence-corrected chi connectivity index (χ0v) is 11.6. The smallest absolute Gasteiger partial charge is 0.313 e. The predicted octanol–water partition coefficient (Wildman–Crippen LogP) is 2.63. The molecule has 19 heavy (non-hydrogen) atoms. The van der Waals surface area contributed by atoms with Gasteiger partial charge < -0.3 is 10.0 Å². The van der Waals surface area contributed by atoms with Crippen molar-refractivity contribution < 1.29 is 10.0 Å². The first-order valence-corrected chi connectivity index (χ1v) is 6.63. The maximum absolute atomic E-state index is 11.1. The fourth-order valence-electron chi connectivity index (χ4n) is 1.73. The molecule has 0 unspecified atom stereocenters. The molecule has 0 fully saturated rings. The summed E-state index contributed by atoms with van der Waals surface area (Å²) in [6.45, 7) is 3.30. The van der Waals surface area contributed by atoms with E-state index >= 15 is 0 Å². The normalized spacial score (nSPS) is 10.5. The number of aromatic nitrogens is 1. The molecule has 0 saturated carbocycles. The molecule has 0 amide bonds. The maximum Gasteiger partial charge on any atom is 0.313 e. The van der Waals surface area contributed by atoms with Crippen LogP contribution in [0.5, 0.6) is 0 Å². The lowest BCUT2D eigenvalue weighted by atomic mass is 10.2. The first-order chi connectivity index (χ1) is 9.10. The van der Waals surface area contributed by atoms with E-state index in [-0.39, 0.29) is 17.3 Å². The molecule has 0 aliphatic heterocycles. The van der Waals surface area contributed by atoms with Crippen molar-refractivity contribution in [2.45, 2.75) is 26.2 Å². The Labute approximate surface area is 117 Å². The molecule has 1 N–H and O–H groups in total. The summed E-state index contributed by atoms with van der Waals surface area (Å²) < 4.78 is 0. The third-order valence-corrected chi connectivity index (χ3v) is 2.88. The van der Waals surface area contributed by atoms with Gasteiger partial charge in [0, 0.05) is 32.0 Å². The Kier molecular flexibility index (Phi) is 6.52. The predicted molar refractivity (Wildman–Crippen MR) is 74.7 cm³/mol. The van der Waals surface area contributed by atoms with Gasteiger partial charge in [0.25, 0.3) is 0 Å². The van der Waals surface area contributed by atoms with Crippen molar-refractivity contribution in [3.63, 3.8) is 0 Å². The molecule has 1 rings (SSSR count). The topological polar surface area (TPSA) is 79.5 Å². The number of hydrogen-bond acceptors (Lipinski definition) is 5. The number of anilines is 1. The van der Waals surface area contributed by atoms with E-state index in [1.165, 1.54) is 12.3 Å². The first-order valence-electron chi connectivity index (χ1n) is 6.25. The van der Waals surface area contributed by atoms with Crippen LogP contribution in [0.25, 0.3) is 0 Å². The van der Waals surface area contributed by atoms with Gasteiger partial charge in [-0.3, -0.25) is 10.1 Å². The van der Waals surface area contributed by atoms with Crippen molar-refractivity contribution in [3.05, 3.63) is 27.4 Å². The quantitative estimate of drug-likeness (QED) is 0.587. The number of aliphatic hydroxyl groups is 1. The molecule has 1 aromatic rings. The van der Waals surface area contributed by atoms with Gasteiger partial charge >= 0.3 is 5.69 Å². The summed E-state index contributed by atoms with van der Waals surface area (Å²) >= 11 is 5.75. The van der Waals surface area contributed by atoms with Crippen LogP contribution in [0.2, 0.25) is 5.02 Å². The Balaban J connectivity index is 3.02. The average Bonchev–Trinajstić information content (AvgIpc) is 2.39. The van der Waals surface area contributed by atoms with Crippen LogP contribution in [0.3, 0.4) is 0 Å². The summed E-state index contributed by atoms with van der Waals surface area (Å²) in [6, 6.07) is 1.31. The van der Waals surface area contributed by atoms with Crippen LogP contribution >= 0.6 is 11.6 Å². The van der Waals surface area contributed by atoms with E-state index in [1.54, 1.807) is 0 Å². The van der Waals surface area contributed by atoms with Crippen LogP contribution in [0.15, 0.2) is 12.3 Å². The molecule has 0 radical (unpaired) electrons. The van der Waals surface area contributed by atoms with Crippen LogP contribution in [-0.2, 0) is 0 Å². The molecule has 0 spiro atoms. The van der Waals surface area contributed by atoms with Gasteiger partial charge in [-0.05, 0) is 12.8 Å². The second-order valence-electron chi connectivity index (χ2n) is 4.17. The van der Waals surface area contributed by atoms with Crippen LogP contribution in [0.1, 0.15) is 26.2 Å². The fourth-order valence-corrected chi connectivity index (χ4v) is 1.89. The molecule has 0 bridgehead atoms. The monoisotopic (exact) mass is 287 g/mol. The molecule has 0 aliphatic carbocycles. The van der Waals surface area contributed by atoms with Gasteiger partial charge in [-0.25, -0.2) is 4.98 Å². The Bertz CT molecular complexity index is 421. The van der Waals surface area contributed by atoms with Crippen LogP contribution < -0.4 is 4.90 Å². The zero-order valence-electron chi connectivity index (χ0n) is 10.9. The highest BCUT2D eigenvalue weighted by Gasteiger charge is 2.21. The zero-order chi connectivity index (χ0) is 14.3. The largest absolute Gasteiger partial charge is 0.396 e. The van der Waals surface area contributed by atoms with Crippen molar-refractivity contribution in [1.82, 2.24) is 4.98 Å². The third kappa shape index (κ3) is 4.65. The molecule has 106 valence electrons. The van der Waals surface area contributed by atoms with Crippen molar-refractivity contribution in [1.29, 1.82) is 0 Å². The summed E-state index contributed by atoms with van der Waals surface area (Å²) in [4.78, 5) is 16.5. The Morgan fingerprint density at radius 3 is 2.74 bits per heavy atom. The third-order valence-electron chi connectivity index (χ3n) is 2.68. The number of nitrogens with zero attached hydrogens (tertiary/aromatic N) is 3. The van der Waals surface area contributed by atoms with E-state index in [4.69, 9.17) is 16.7 Å². The van der Waals surface area contributed by atoms with E-state index in [0.717, 1.165) is 12.8 Å². The fraction of sp³-hybridized carbons (Fsp3) is 0.583. The number of pyridine rings is 1. The minimum Gasteiger partial charge on any atom is -0.396 e. The number of rotatable bonds is 8. The van der Waals surface area contributed by atoms with Gasteiger partial charge in [0.05, 0.1) is 9.95 Å². The van der Waals surface area contributed by atoms with Crippen molar-refractivity contribution in [2.24, 2.45) is 0 Å².